The van der Waals surface area contributed by atoms with E-state index in [9.17, 15) is 13.2 Å². The fourth-order valence-corrected chi connectivity index (χ4v) is 1.41. The fraction of sp³-hybridized carbons (Fsp3) is 0.818. The molecule has 0 rings (SSSR count). The van der Waals surface area contributed by atoms with Crippen LogP contribution in [0.25, 0.3) is 0 Å². The Kier molecular flexibility index (Phi) is 8.79. The SMILES string of the molecule is CCCCCCCC#CCSC(F)(F)F. The summed E-state index contributed by atoms with van der Waals surface area (Å²) < 4.78 is 35.0. The van der Waals surface area contributed by atoms with Crippen LogP contribution in [0, 0.1) is 11.8 Å². The Labute approximate surface area is 94.0 Å². The largest absolute Gasteiger partial charge is 0.442 e. The van der Waals surface area contributed by atoms with Gasteiger partial charge in [-0.2, -0.15) is 13.2 Å². The summed E-state index contributed by atoms with van der Waals surface area (Å²) in [7, 11) is 0. The van der Waals surface area contributed by atoms with Crippen molar-refractivity contribution < 1.29 is 13.2 Å². The Morgan fingerprint density at radius 2 is 1.67 bits per heavy atom. The van der Waals surface area contributed by atoms with Gasteiger partial charge in [-0.3, -0.25) is 0 Å². The molecule has 0 aromatic carbocycles. The summed E-state index contributed by atoms with van der Waals surface area (Å²) in [5, 5.41) is 0. The van der Waals surface area contributed by atoms with Gasteiger partial charge in [0.2, 0.25) is 0 Å². The van der Waals surface area contributed by atoms with Gasteiger partial charge in [-0.25, -0.2) is 0 Å². The third kappa shape index (κ3) is 13.7. The second-order valence-electron chi connectivity index (χ2n) is 3.25. The lowest BCUT2D eigenvalue weighted by Gasteiger charge is -1.99. The van der Waals surface area contributed by atoms with Gasteiger partial charge in [0.15, 0.2) is 0 Å². The number of thioether (sulfide) groups is 1. The minimum absolute atomic E-state index is 0.0681. The third-order valence-corrected chi connectivity index (χ3v) is 2.45. The van der Waals surface area contributed by atoms with Gasteiger partial charge in [0.25, 0.3) is 0 Å². The van der Waals surface area contributed by atoms with Crippen LogP contribution in [0.4, 0.5) is 13.2 Å². The summed E-state index contributed by atoms with van der Waals surface area (Å²) in [6.07, 6.45) is 6.50. The zero-order valence-corrected chi connectivity index (χ0v) is 9.81. The Morgan fingerprint density at radius 3 is 2.27 bits per heavy atom. The van der Waals surface area contributed by atoms with Crippen LogP contribution in [0.2, 0.25) is 0 Å². The van der Waals surface area contributed by atoms with Crippen molar-refractivity contribution >= 4 is 11.8 Å². The number of alkyl halides is 3. The lowest BCUT2D eigenvalue weighted by Crippen LogP contribution is -1.99. The molecule has 0 unspecified atom stereocenters. The van der Waals surface area contributed by atoms with E-state index in [4.69, 9.17) is 0 Å². The molecule has 0 aliphatic rings. The van der Waals surface area contributed by atoms with Crippen molar-refractivity contribution in [2.45, 2.75) is 51.0 Å². The van der Waals surface area contributed by atoms with E-state index >= 15 is 0 Å². The summed E-state index contributed by atoms with van der Waals surface area (Å²) in [6.45, 7) is 2.15. The van der Waals surface area contributed by atoms with E-state index in [0.717, 1.165) is 19.3 Å². The normalized spacial score (nSPS) is 10.9. The molecule has 0 heterocycles. The van der Waals surface area contributed by atoms with E-state index in [1.165, 1.54) is 19.3 Å². The molecule has 0 saturated heterocycles. The third-order valence-electron chi connectivity index (χ3n) is 1.84. The van der Waals surface area contributed by atoms with Gasteiger partial charge in [-0.15, -0.1) is 5.92 Å². The molecule has 0 aromatic rings. The topological polar surface area (TPSA) is 0 Å². The predicted molar refractivity (Wildman–Crippen MR) is 59.7 cm³/mol. The second kappa shape index (κ2) is 8.96. The minimum atomic E-state index is -4.14. The van der Waals surface area contributed by atoms with Gasteiger partial charge in [0, 0.05) is 6.42 Å². The van der Waals surface area contributed by atoms with Crippen LogP contribution in [0.15, 0.2) is 0 Å². The molecule has 0 aliphatic heterocycles. The van der Waals surface area contributed by atoms with E-state index in [1.54, 1.807) is 0 Å². The molecule has 0 aromatic heterocycles. The van der Waals surface area contributed by atoms with Gasteiger partial charge in [0.1, 0.15) is 0 Å². The van der Waals surface area contributed by atoms with Crippen molar-refractivity contribution in [2.75, 3.05) is 5.75 Å². The number of halogens is 3. The standard InChI is InChI=1S/C11H17F3S/c1-2-3-4-5-6-7-8-9-10-15-11(12,13)14/h2-7,10H2,1H3. The average molecular weight is 238 g/mol. The van der Waals surface area contributed by atoms with Crippen molar-refractivity contribution in [1.82, 2.24) is 0 Å². The average Bonchev–Trinajstić information content (AvgIpc) is 2.14. The lowest BCUT2D eigenvalue weighted by atomic mass is 10.1. The highest BCUT2D eigenvalue weighted by molar-refractivity contribution is 8.00. The van der Waals surface area contributed by atoms with E-state index in [-0.39, 0.29) is 17.5 Å². The molecule has 15 heavy (non-hydrogen) atoms. The van der Waals surface area contributed by atoms with Gasteiger partial charge >= 0.3 is 5.51 Å². The molecule has 0 nitrogen and oxygen atoms in total. The van der Waals surface area contributed by atoms with Crippen LogP contribution in [0.3, 0.4) is 0 Å². The van der Waals surface area contributed by atoms with Crippen LogP contribution in [0.1, 0.15) is 45.4 Å². The molecular formula is C11H17F3S. The first-order valence-electron chi connectivity index (χ1n) is 5.22. The Hall–Kier alpha value is -0.300. The quantitative estimate of drug-likeness (QED) is 0.481. The van der Waals surface area contributed by atoms with E-state index in [0.29, 0.717) is 0 Å². The first-order valence-corrected chi connectivity index (χ1v) is 6.21. The monoisotopic (exact) mass is 238 g/mol. The van der Waals surface area contributed by atoms with Gasteiger partial charge < -0.3 is 0 Å². The van der Waals surface area contributed by atoms with Crippen LogP contribution in [0.5, 0.6) is 0 Å². The van der Waals surface area contributed by atoms with Crippen molar-refractivity contribution in [3.63, 3.8) is 0 Å². The molecular weight excluding hydrogens is 221 g/mol. The van der Waals surface area contributed by atoms with Crippen LogP contribution in [-0.4, -0.2) is 11.3 Å². The van der Waals surface area contributed by atoms with Crippen molar-refractivity contribution in [1.29, 1.82) is 0 Å². The van der Waals surface area contributed by atoms with E-state index in [2.05, 4.69) is 18.8 Å². The molecule has 0 atom stereocenters. The highest BCUT2D eigenvalue weighted by Crippen LogP contribution is 2.29. The molecule has 0 radical (unpaired) electrons. The van der Waals surface area contributed by atoms with E-state index < -0.39 is 5.51 Å². The maximum Gasteiger partial charge on any atom is 0.442 e. The van der Waals surface area contributed by atoms with Crippen LogP contribution >= 0.6 is 11.8 Å². The first-order chi connectivity index (χ1) is 7.06. The highest BCUT2D eigenvalue weighted by atomic mass is 32.2. The molecule has 0 aliphatic carbocycles. The molecule has 0 N–H and O–H groups in total. The maximum atomic E-state index is 11.7. The van der Waals surface area contributed by atoms with Crippen molar-refractivity contribution in [3.8, 4) is 11.8 Å². The summed E-state index contributed by atoms with van der Waals surface area (Å²) in [4.78, 5) is 0. The van der Waals surface area contributed by atoms with Gasteiger partial charge in [0.05, 0.1) is 5.75 Å². The summed E-state index contributed by atoms with van der Waals surface area (Å²) in [5.41, 5.74) is -4.14. The maximum absolute atomic E-state index is 11.7. The molecule has 0 saturated carbocycles. The van der Waals surface area contributed by atoms with Crippen LogP contribution < -0.4 is 0 Å². The van der Waals surface area contributed by atoms with Gasteiger partial charge in [-0.1, -0.05) is 38.5 Å². The number of unbranched alkanes of at least 4 members (excludes halogenated alkanes) is 5. The summed E-state index contributed by atoms with van der Waals surface area (Å²) in [5.74, 6) is 5.15. The molecule has 0 fully saturated rings. The van der Waals surface area contributed by atoms with Gasteiger partial charge in [-0.05, 0) is 18.2 Å². The fourth-order valence-electron chi connectivity index (χ4n) is 1.07. The molecule has 0 bridgehead atoms. The minimum Gasteiger partial charge on any atom is -0.160 e. The molecule has 0 amide bonds. The first kappa shape index (κ1) is 14.7. The zero-order valence-electron chi connectivity index (χ0n) is 8.99. The molecule has 4 heteroatoms. The lowest BCUT2D eigenvalue weighted by molar-refractivity contribution is -0.0325. The Balaban J connectivity index is 3.25. The Bertz CT molecular complexity index is 200. The summed E-state index contributed by atoms with van der Waals surface area (Å²) in [6, 6.07) is 0. The molecule has 88 valence electrons. The number of hydrogen-bond donors (Lipinski definition) is 0. The van der Waals surface area contributed by atoms with Crippen molar-refractivity contribution in [2.24, 2.45) is 0 Å². The number of hydrogen-bond acceptors (Lipinski definition) is 1. The smallest absolute Gasteiger partial charge is 0.160 e. The van der Waals surface area contributed by atoms with E-state index in [1.807, 2.05) is 0 Å². The highest BCUT2D eigenvalue weighted by Gasteiger charge is 2.26. The zero-order chi connectivity index (χ0) is 11.6. The molecule has 0 spiro atoms. The number of rotatable bonds is 6. The second-order valence-corrected chi connectivity index (χ2v) is 4.29. The van der Waals surface area contributed by atoms with Crippen LogP contribution in [-0.2, 0) is 0 Å². The Morgan fingerprint density at radius 1 is 1.00 bits per heavy atom. The van der Waals surface area contributed by atoms with Crippen molar-refractivity contribution in [3.05, 3.63) is 0 Å². The predicted octanol–water partition coefficient (Wildman–Crippen LogP) is 4.60. The summed E-state index contributed by atoms with van der Waals surface area (Å²) >= 11 is -0.0681.